The molecule has 0 amide bonds. The molecule has 0 aromatic heterocycles. The van der Waals surface area contributed by atoms with Crippen molar-refractivity contribution in [2.24, 2.45) is 0 Å². The van der Waals surface area contributed by atoms with Gasteiger partial charge in [0.2, 0.25) is 0 Å². The van der Waals surface area contributed by atoms with Gasteiger partial charge in [0.05, 0.1) is 18.8 Å². The second kappa shape index (κ2) is 4.10. The van der Waals surface area contributed by atoms with Gasteiger partial charge >= 0.3 is 0 Å². The third kappa shape index (κ3) is 2.32. The van der Waals surface area contributed by atoms with E-state index >= 15 is 0 Å². The second-order valence-corrected chi connectivity index (χ2v) is 4.54. The van der Waals surface area contributed by atoms with E-state index in [1.54, 1.807) is 0 Å². The molecule has 2 unspecified atom stereocenters. The number of aliphatic hydroxyl groups is 1. The van der Waals surface area contributed by atoms with Crippen LogP contribution in [0.1, 0.15) is 18.7 Å². The van der Waals surface area contributed by atoms with Gasteiger partial charge in [-0.05, 0) is 24.6 Å². The minimum atomic E-state index is -0.343. The summed E-state index contributed by atoms with van der Waals surface area (Å²) in [5.41, 5.74) is 0.682. The molecule has 1 saturated heterocycles. The summed E-state index contributed by atoms with van der Waals surface area (Å²) in [7, 11) is 0. The number of rotatable bonds is 2. The fraction of sp³-hybridized carbons (Fsp3) is 0.455. The number of hydrogen-bond donors (Lipinski definition) is 2. The highest BCUT2D eigenvalue weighted by Crippen LogP contribution is 2.26. The Balaban J connectivity index is 2.11. The average molecular weight is 228 g/mol. The highest BCUT2D eigenvalue weighted by molar-refractivity contribution is 6.30. The molecule has 0 bridgehead atoms. The molecule has 0 spiro atoms. The van der Waals surface area contributed by atoms with Crippen molar-refractivity contribution in [3.8, 4) is 0 Å². The van der Waals surface area contributed by atoms with Crippen LogP contribution in [0.4, 0.5) is 0 Å². The largest absolute Gasteiger partial charge is 0.394 e. The minimum Gasteiger partial charge on any atom is -0.394 e. The second-order valence-electron chi connectivity index (χ2n) is 4.11. The van der Waals surface area contributed by atoms with Gasteiger partial charge in [-0.3, -0.25) is 5.32 Å². The van der Waals surface area contributed by atoms with Crippen LogP contribution in [0.25, 0.3) is 0 Å². The van der Waals surface area contributed by atoms with Crippen LogP contribution < -0.4 is 5.32 Å². The molecule has 1 aliphatic rings. The van der Waals surface area contributed by atoms with Crippen LogP contribution in [0, 0.1) is 0 Å². The lowest BCUT2D eigenvalue weighted by Crippen LogP contribution is -2.43. The number of aliphatic hydroxyl groups excluding tert-OH is 1. The zero-order valence-electron chi connectivity index (χ0n) is 8.53. The molecule has 1 heterocycles. The number of benzene rings is 1. The Hall–Kier alpha value is -0.610. The molecule has 3 nitrogen and oxygen atoms in total. The van der Waals surface area contributed by atoms with Gasteiger partial charge < -0.3 is 9.84 Å². The topological polar surface area (TPSA) is 41.5 Å². The van der Waals surface area contributed by atoms with E-state index in [1.165, 1.54) is 0 Å². The Morgan fingerprint density at radius 1 is 1.53 bits per heavy atom. The Kier molecular flexibility index (Phi) is 2.98. The Labute approximate surface area is 94.0 Å². The van der Waals surface area contributed by atoms with Crippen LogP contribution in [-0.4, -0.2) is 23.9 Å². The molecule has 1 fully saturated rings. The Morgan fingerprint density at radius 3 is 2.73 bits per heavy atom. The first-order chi connectivity index (χ1) is 7.13. The van der Waals surface area contributed by atoms with Crippen LogP contribution >= 0.6 is 11.6 Å². The molecule has 1 aromatic rings. The number of nitrogens with one attached hydrogen (secondary N) is 1. The van der Waals surface area contributed by atoms with Crippen molar-refractivity contribution in [3.63, 3.8) is 0 Å². The van der Waals surface area contributed by atoms with Crippen LogP contribution in [0.5, 0.6) is 0 Å². The summed E-state index contributed by atoms with van der Waals surface area (Å²) >= 11 is 5.80. The Bertz CT molecular complexity index is 341. The summed E-state index contributed by atoms with van der Waals surface area (Å²) in [5.74, 6) is 0. The van der Waals surface area contributed by atoms with E-state index in [0.717, 1.165) is 5.56 Å². The molecule has 82 valence electrons. The lowest BCUT2D eigenvalue weighted by Gasteiger charge is -2.20. The van der Waals surface area contributed by atoms with Crippen molar-refractivity contribution in [2.75, 3.05) is 13.2 Å². The highest BCUT2D eigenvalue weighted by atomic mass is 35.5. The fourth-order valence-corrected chi connectivity index (χ4v) is 1.70. The van der Waals surface area contributed by atoms with Gasteiger partial charge in [0.15, 0.2) is 0 Å². The summed E-state index contributed by atoms with van der Waals surface area (Å²) in [5, 5.41) is 13.1. The molecule has 1 aliphatic heterocycles. The third-order valence-corrected chi connectivity index (χ3v) is 2.82. The zero-order valence-corrected chi connectivity index (χ0v) is 9.29. The van der Waals surface area contributed by atoms with E-state index in [-0.39, 0.29) is 18.4 Å². The maximum Gasteiger partial charge on any atom is 0.134 e. The van der Waals surface area contributed by atoms with Crippen LogP contribution in [-0.2, 0) is 4.74 Å². The van der Waals surface area contributed by atoms with Gasteiger partial charge in [0, 0.05) is 5.02 Å². The molecule has 2 N–H and O–H groups in total. The fourth-order valence-electron chi connectivity index (χ4n) is 1.58. The van der Waals surface area contributed by atoms with Crippen molar-refractivity contribution < 1.29 is 9.84 Å². The van der Waals surface area contributed by atoms with E-state index in [9.17, 15) is 5.11 Å². The molecule has 0 aliphatic carbocycles. The highest BCUT2D eigenvalue weighted by Gasteiger charge is 2.35. The van der Waals surface area contributed by atoms with E-state index in [0.29, 0.717) is 11.6 Å². The normalized spacial score (nSPS) is 30.7. The van der Waals surface area contributed by atoms with Gasteiger partial charge in [0.25, 0.3) is 0 Å². The van der Waals surface area contributed by atoms with E-state index in [2.05, 4.69) is 5.32 Å². The molecule has 15 heavy (non-hydrogen) atoms. The molecule has 2 rings (SSSR count). The molecule has 0 radical (unpaired) electrons. The van der Waals surface area contributed by atoms with Gasteiger partial charge in [-0.15, -0.1) is 0 Å². The first kappa shape index (κ1) is 10.9. The predicted octanol–water partition coefficient (Wildman–Crippen LogP) is 1.71. The van der Waals surface area contributed by atoms with Crippen molar-refractivity contribution in [2.45, 2.75) is 18.7 Å². The molecular weight excluding hydrogens is 214 g/mol. The predicted molar refractivity (Wildman–Crippen MR) is 58.8 cm³/mol. The summed E-state index contributed by atoms with van der Waals surface area (Å²) in [6.45, 7) is 2.51. The van der Waals surface area contributed by atoms with Crippen molar-refractivity contribution in [1.82, 2.24) is 5.32 Å². The average Bonchev–Trinajstić information content (AvgIpc) is 2.63. The van der Waals surface area contributed by atoms with Gasteiger partial charge in [-0.2, -0.15) is 0 Å². The van der Waals surface area contributed by atoms with Gasteiger partial charge in [-0.25, -0.2) is 0 Å². The van der Waals surface area contributed by atoms with Gasteiger partial charge in [0.1, 0.15) is 6.23 Å². The number of hydrogen-bond acceptors (Lipinski definition) is 3. The summed E-state index contributed by atoms with van der Waals surface area (Å²) in [6, 6.07) is 7.50. The lowest BCUT2D eigenvalue weighted by molar-refractivity contribution is 0.0942. The summed E-state index contributed by atoms with van der Waals surface area (Å²) in [6.07, 6.45) is -0.153. The number of halogens is 1. The van der Waals surface area contributed by atoms with E-state index in [1.807, 2.05) is 31.2 Å². The van der Waals surface area contributed by atoms with Gasteiger partial charge in [-0.1, -0.05) is 23.7 Å². The molecule has 1 aromatic carbocycles. The number of ether oxygens (including phenoxy) is 1. The van der Waals surface area contributed by atoms with Crippen molar-refractivity contribution in [1.29, 1.82) is 0 Å². The SMILES string of the molecule is CC1(CO)COC(c2ccc(Cl)cc2)N1. The molecular formula is C11H14ClNO2. The van der Waals surface area contributed by atoms with Crippen LogP contribution in [0.2, 0.25) is 5.02 Å². The molecule has 2 atom stereocenters. The maximum absolute atomic E-state index is 9.17. The summed E-state index contributed by atoms with van der Waals surface area (Å²) < 4.78 is 5.57. The monoisotopic (exact) mass is 227 g/mol. The first-order valence-electron chi connectivity index (χ1n) is 4.89. The molecule has 0 saturated carbocycles. The maximum atomic E-state index is 9.17. The van der Waals surface area contributed by atoms with Crippen molar-refractivity contribution >= 4 is 11.6 Å². The molecule has 4 heteroatoms. The third-order valence-electron chi connectivity index (χ3n) is 2.57. The zero-order chi connectivity index (χ0) is 10.9. The quantitative estimate of drug-likeness (QED) is 0.808. The first-order valence-corrected chi connectivity index (χ1v) is 5.26. The smallest absolute Gasteiger partial charge is 0.134 e. The van der Waals surface area contributed by atoms with Crippen molar-refractivity contribution in [3.05, 3.63) is 34.9 Å². The standard InChI is InChI=1S/C11H14ClNO2/c1-11(6-14)7-15-10(13-11)8-2-4-9(12)5-3-8/h2-5,10,13-14H,6-7H2,1H3. The lowest BCUT2D eigenvalue weighted by atomic mass is 10.1. The van der Waals surface area contributed by atoms with Crippen LogP contribution in [0.3, 0.4) is 0 Å². The van der Waals surface area contributed by atoms with E-state index < -0.39 is 0 Å². The Morgan fingerprint density at radius 2 is 2.20 bits per heavy atom. The van der Waals surface area contributed by atoms with E-state index in [4.69, 9.17) is 16.3 Å². The van der Waals surface area contributed by atoms with Crippen LogP contribution in [0.15, 0.2) is 24.3 Å². The minimum absolute atomic E-state index is 0.0666. The summed E-state index contributed by atoms with van der Waals surface area (Å²) in [4.78, 5) is 0.